The predicted octanol–water partition coefficient (Wildman–Crippen LogP) is 4.55. The Balaban J connectivity index is 1.50. The number of carbonyl (C=O) groups is 2. The van der Waals surface area contributed by atoms with Gasteiger partial charge in [-0.15, -0.1) is 0 Å². The van der Waals surface area contributed by atoms with Crippen molar-refractivity contribution in [2.75, 3.05) is 18.4 Å². The van der Waals surface area contributed by atoms with E-state index in [1.807, 2.05) is 4.90 Å². The number of amides is 2. The van der Waals surface area contributed by atoms with Crippen LogP contribution in [-0.4, -0.2) is 35.8 Å². The van der Waals surface area contributed by atoms with Gasteiger partial charge >= 0.3 is 6.18 Å². The number of anilines is 1. The van der Waals surface area contributed by atoms with Gasteiger partial charge in [-0.3, -0.25) is 9.59 Å². The summed E-state index contributed by atoms with van der Waals surface area (Å²) in [5.41, 5.74) is 5.42. The first-order chi connectivity index (χ1) is 14.1. The van der Waals surface area contributed by atoms with Gasteiger partial charge < -0.3 is 16.0 Å². The van der Waals surface area contributed by atoms with E-state index in [1.54, 1.807) is 0 Å². The number of carbonyl (C=O) groups excluding carboxylic acids is 2. The van der Waals surface area contributed by atoms with Crippen molar-refractivity contribution in [1.29, 1.82) is 0 Å². The Labute approximate surface area is 182 Å². The molecule has 2 atom stereocenters. The second-order valence-corrected chi connectivity index (χ2v) is 9.22. The first-order valence-electron chi connectivity index (χ1n) is 10.4. The standard InChI is InChI=1S/C21H27BrF3N3O2/c22-15-10-14(21(23,24)25)11-16(12-15)27-19(29)9-13-5-7-28(8-6-13)20(30)17-3-1-2-4-18(17)26/h10-13,17-18H,1-9,26H2,(H,27,29). The molecular formula is C21H27BrF3N3O2. The van der Waals surface area contributed by atoms with E-state index < -0.39 is 11.7 Å². The molecule has 5 nitrogen and oxygen atoms in total. The number of likely N-dealkylation sites (tertiary alicyclic amines) is 1. The lowest BCUT2D eigenvalue weighted by Crippen LogP contribution is -2.48. The fraction of sp³-hybridized carbons (Fsp3) is 0.619. The molecule has 1 aromatic rings. The van der Waals surface area contributed by atoms with E-state index in [0.29, 0.717) is 25.9 Å². The molecule has 2 unspecified atom stereocenters. The van der Waals surface area contributed by atoms with Crippen LogP contribution in [0.15, 0.2) is 22.7 Å². The molecule has 1 aliphatic heterocycles. The summed E-state index contributed by atoms with van der Waals surface area (Å²) in [4.78, 5) is 27.0. The van der Waals surface area contributed by atoms with Gasteiger partial charge in [-0.25, -0.2) is 0 Å². The molecule has 0 spiro atoms. The Bertz CT molecular complexity index is 779. The maximum absolute atomic E-state index is 12.9. The van der Waals surface area contributed by atoms with Crippen molar-refractivity contribution in [3.8, 4) is 0 Å². The van der Waals surface area contributed by atoms with Gasteiger partial charge in [0.15, 0.2) is 0 Å². The molecule has 1 aromatic carbocycles. The molecule has 2 fully saturated rings. The minimum absolute atomic E-state index is 0.0680. The molecule has 3 rings (SSSR count). The molecule has 2 amide bonds. The van der Waals surface area contributed by atoms with Gasteiger partial charge in [0, 0.05) is 35.7 Å². The maximum atomic E-state index is 12.9. The summed E-state index contributed by atoms with van der Waals surface area (Å²) in [5.74, 6) is -0.194. The van der Waals surface area contributed by atoms with Crippen molar-refractivity contribution >= 4 is 33.4 Å². The zero-order valence-electron chi connectivity index (χ0n) is 16.7. The molecule has 2 aliphatic rings. The van der Waals surface area contributed by atoms with Gasteiger partial charge in [-0.05, 0) is 49.8 Å². The van der Waals surface area contributed by atoms with E-state index in [9.17, 15) is 22.8 Å². The highest BCUT2D eigenvalue weighted by atomic mass is 79.9. The van der Waals surface area contributed by atoms with Gasteiger partial charge in [0.1, 0.15) is 0 Å². The molecular weight excluding hydrogens is 463 g/mol. The third-order valence-corrected chi connectivity index (χ3v) is 6.50. The largest absolute Gasteiger partial charge is 0.416 e. The number of hydrogen-bond donors (Lipinski definition) is 2. The average Bonchev–Trinajstić information content (AvgIpc) is 2.67. The van der Waals surface area contributed by atoms with Crippen LogP contribution in [0, 0.1) is 11.8 Å². The Morgan fingerprint density at radius 2 is 1.77 bits per heavy atom. The number of rotatable bonds is 4. The highest BCUT2D eigenvalue weighted by molar-refractivity contribution is 9.10. The van der Waals surface area contributed by atoms with Crippen LogP contribution in [0.25, 0.3) is 0 Å². The topological polar surface area (TPSA) is 75.4 Å². The van der Waals surface area contributed by atoms with Crippen LogP contribution < -0.4 is 11.1 Å². The molecule has 1 aliphatic carbocycles. The van der Waals surface area contributed by atoms with Crippen molar-refractivity contribution in [2.45, 2.75) is 57.2 Å². The van der Waals surface area contributed by atoms with E-state index in [1.165, 1.54) is 6.07 Å². The van der Waals surface area contributed by atoms with E-state index in [4.69, 9.17) is 5.73 Å². The monoisotopic (exact) mass is 489 g/mol. The number of piperidine rings is 1. The molecule has 3 N–H and O–H groups in total. The van der Waals surface area contributed by atoms with E-state index in [2.05, 4.69) is 21.2 Å². The quantitative estimate of drug-likeness (QED) is 0.651. The molecule has 166 valence electrons. The number of nitrogens with two attached hydrogens (primary N) is 1. The SMILES string of the molecule is NC1CCCCC1C(=O)N1CCC(CC(=O)Nc2cc(Br)cc(C(F)(F)F)c2)CC1. The van der Waals surface area contributed by atoms with Crippen LogP contribution in [0.2, 0.25) is 0 Å². The van der Waals surface area contributed by atoms with Crippen molar-refractivity contribution in [3.05, 3.63) is 28.2 Å². The van der Waals surface area contributed by atoms with Crippen LogP contribution in [0.4, 0.5) is 18.9 Å². The summed E-state index contributed by atoms with van der Waals surface area (Å²) < 4.78 is 39.1. The van der Waals surface area contributed by atoms with Gasteiger partial charge in [0.2, 0.25) is 11.8 Å². The lowest BCUT2D eigenvalue weighted by molar-refractivity contribution is -0.139. The van der Waals surface area contributed by atoms with Crippen molar-refractivity contribution in [2.24, 2.45) is 17.6 Å². The third kappa shape index (κ3) is 5.97. The van der Waals surface area contributed by atoms with Crippen LogP contribution >= 0.6 is 15.9 Å². The first-order valence-corrected chi connectivity index (χ1v) is 11.1. The zero-order chi connectivity index (χ0) is 21.9. The molecule has 1 saturated carbocycles. The van der Waals surface area contributed by atoms with Gasteiger partial charge in [0.25, 0.3) is 0 Å². The number of nitrogens with one attached hydrogen (secondary N) is 1. The molecule has 1 saturated heterocycles. The molecule has 0 bridgehead atoms. The summed E-state index contributed by atoms with van der Waals surface area (Å²) in [5, 5.41) is 2.57. The van der Waals surface area contributed by atoms with Gasteiger partial charge in [-0.1, -0.05) is 28.8 Å². The molecule has 0 radical (unpaired) electrons. The van der Waals surface area contributed by atoms with Crippen molar-refractivity contribution in [3.63, 3.8) is 0 Å². The summed E-state index contributed by atoms with van der Waals surface area (Å²) in [6.45, 7) is 1.18. The van der Waals surface area contributed by atoms with E-state index >= 15 is 0 Å². The van der Waals surface area contributed by atoms with Crippen LogP contribution in [-0.2, 0) is 15.8 Å². The number of nitrogens with zero attached hydrogens (tertiary/aromatic N) is 1. The molecule has 30 heavy (non-hydrogen) atoms. The molecule has 1 heterocycles. The lowest BCUT2D eigenvalue weighted by atomic mass is 9.83. The summed E-state index contributed by atoms with van der Waals surface area (Å²) in [7, 11) is 0. The summed E-state index contributed by atoms with van der Waals surface area (Å²) in [6, 6.07) is 3.28. The van der Waals surface area contributed by atoms with Crippen LogP contribution in [0.1, 0.15) is 50.5 Å². The number of halogens is 4. The van der Waals surface area contributed by atoms with E-state index in [-0.39, 0.29) is 46.3 Å². The second kappa shape index (κ2) is 9.68. The maximum Gasteiger partial charge on any atom is 0.416 e. The van der Waals surface area contributed by atoms with Crippen molar-refractivity contribution < 1.29 is 22.8 Å². The zero-order valence-corrected chi connectivity index (χ0v) is 18.3. The smallest absolute Gasteiger partial charge is 0.342 e. The first kappa shape index (κ1) is 23.1. The predicted molar refractivity (Wildman–Crippen MR) is 112 cm³/mol. The van der Waals surface area contributed by atoms with Crippen molar-refractivity contribution in [1.82, 2.24) is 4.90 Å². The minimum Gasteiger partial charge on any atom is -0.342 e. The van der Waals surface area contributed by atoms with Gasteiger partial charge in [-0.2, -0.15) is 13.2 Å². The number of alkyl halides is 3. The summed E-state index contributed by atoms with van der Waals surface area (Å²) >= 11 is 3.05. The van der Waals surface area contributed by atoms with Gasteiger partial charge in [0.05, 0.1) is 11.5 Å². The second-order valence-electron chi connectivity index (χ2n) is 8.30. The molecule has 0 aromatic heterocycles. The number of benzene rings is 1. The van der Waals surface area contributed by atoms with E-state index in [0.717, 1.165) is 37.8 Å². The van der Waals surface area contributed by atoms with Crippen LogP contribution in [0.3, 0.4) is 0 Å². The summed E-state index contributed by atoms with van der Waals surface area (Å²) in [6.07, 6.45) is 0.980. The third-order valence-electron chi connectivity index (χ3n) is 6.05. The fourth-order valence-electron chi connectivity index (χ4n) is 4.36. The fourth-order valence-corrected chi connectivity index (χ4v) is 4.85. The Morgan fingerprint density at radius 1 is 1.10 bits per heavy atom. The highest BCUT2D eigenvalue weighted by Gasteiger charge is 2.34. The normalized spacial score (nSPS) is 23.3. The number of hydrogen-bond acceptors (Lipinski definition) is 3. The van der Waals surface area contributed by atoms with Crippen LogP contribution in [0.5, 0.6) is 0 Å². The lowest BCUT2D eigenvalue weighted by Gasteiger charge is -2.37. The Kier molecular flexibility index (Phi) is 7.44. The highest BCUT2D eigenvalue weighted by Crippen LogP contribution is 2.34. The Hall–Kier alpha value is -1.61. The Morgan fingerprint density at radius 3 is 2.40 bits per heavy atom. The minimum atomic E-state index is -4.48. The average molecular weight is 490 g/mol. The molecule has 9 heteroatoms.